The number of imidazole rings is 1. The number of nitrogens with one attached hydrogen (secondary N) is 1. The molecule has 156 valence electrons. The first kappa shape index (κ1) is 21.2. The van der Waals surface area contributed by atoms with Gasteiger partial charge in [0.25, 0.3) is 5.91 Å². The second-order valence-corrected chi connectivity index (χ2v) is 6.79. The Morgan fingerprint density at radius 3 is 2.45 bits per heavy atom. The molecule has 1 aliphatic heterocycles. The second kappa shape index (κ2) is 8.47. The zero-order chi connectivity index (χ0) is 21.3. The van der Waals surface area contributed by atoms with Crippen molar-refractivity contribution in [2.75, 3.05) is 6.54 Å². The minimum Gasteiger partial charge on any atom is -0.455 e. The topological polar surface area (TPSA) is 135 Å². The molecule has 1 N–H and O–H groups in total. The van der Waals surface area contributed by atoms with Gasteiger partial charge in [-0.25, -0.2) is 9.97 Å². The van der Waals surface area contributed by atoms with Gasteiger partial charge in [-0.2, -0.15) is 4.98 Å². The Balaban J connectivity index is 2.09. The van der Waals surface area contributed by atoms with E-state index in [0.717, 1.165) is 0 Å². The summed E-state index contributed by atoms with van der Waals surface area (Å²) in [5.41, 5.74) is 0.419. The molecule has 0 aromatic carbocycles. The predicted molar refractivity (Wildman–Crippen MR) is 99.0 cm³/mol. The van der Waals surface area contributed by atoms with Crippen LogP contribution in [0.4, 0.5) is 0 Å². The predicted octanol–water partition coefficient (Wildman–Crippen LogP) is 1.03. The molecule has 1 amide bonds. The highest BCUT2D eigenvalue weighted by atomic mass is 35.5. The molecule has 1 aliphatic rings. The number of amides is 1. The lowest BCUT2D eigenvalue weighted by molar-refractivity contribution is -0.166. The van der Waals surface area contributed by atoms with Crippen LogP contribution >= 0.6 is 23.2 Å². The number of likely N-dealkylation sites (N-methyl/N-ethyl adjacent to an activating group) is 1. The zero-order valence-corrected chi connectivity index (χ0v) is 17.1. The zero-order valence-electron chi connectivity index (χ0n) is 15.6. The van der Waals surface area contributed by atoms with Crippen LogP contribution in [-0.2, 0) is 28.6 Å². The van der Waals surface area contributed by atoms with E-state index in [1.54, 1.807) is 6.92 Å². The maximum Gasteiger partial charge on any atom is 0.303 e. The van der Waals surface area contributed by atoms with Crippen LogP contribution in [-0.4, -0.2) is 62.2 Å². The van der Waals surface area contributed by atoms with E-state index in [0.29, 0.717) is 6.54 Å². The molecule has 0 radical (unpaired) electrons. The fraction of sp³-hybridized carbons (Fsp3) is 0.500. The Hall–Kier alpha value is -2.50. The van der Waals surface area contributed by atoms with Gasteiger partial charge in [0.1, 0.15) is 5.52 Å². The summed E-state index contributed by atoms with van der Waals surface area (Å²) in [4.78, 5) is 47.9. The van der Waals surface area contributed by atoms with Crippen molar-refractivity contribution in [1.82, 2.24) is 24.8 Å². The lowest BCUT2D eigenvalue weighted by atomic mass is 10.1. The molecule has 13 heteroatoms. The fourth-order valence-corrected chi connectivity index (χ4v) is 3.45. The largest absolute Gasteiger partial charge is 0.455 e. The van der Waals surface area contributed by atoms with Gasteiger partial charge < -0.3 is 19.5 Å². The minimum atomic E-state index is -1.24. The highest BCUT2D eigenvalue weighted by Crippen LogP contribution is 2.36. The van der Waals surface area contributed by atoms with E-state index in [2.05, 4.69) is 20.3 Å². The van der Waals surface area contributed by atoms with Crippen molar-refractivity contribution in [3.05, 3.63) is 16.8 Å². The van der Waals surface area contributed by atoms with Crippen LogP contribution in [0.2, 0.25) is 10.4 Å². The summed E-state index contributed by atoms with van der Waals surface area (Å²) in [5, 5.41) is 2.47. The van der Waals surface area contributed by atoms with Crippen molar-refractivity contribution in [1.29, 1.82) is 0 Å². The quantitative estimate of drug-likeness (QED) is 0.406. The van der Waals surface area contributed by atoms with Gasteiger partial charge in [-0.3, -0.25) is 19.0 Å². The smallest absolute Gasteiger partial charge is 0.303 e. The number of aromatic nitrogens is 4. The molecule has 3 heterocycles. The number of rotatable bonds is 5. The molecule has 0 spiro atoms. The standard InChI is InChI=1S/C16H17Cl2N5O6/c1-4-19-14(26)10-9(27-6(2)24)11(28-7(3)25)15(29-10)23-5-20-8-12(17)21-16(18)22-13(8)23/h5,9-11,15H,4H2,1-3H3,(H,19,26). The lowest BCUT2D eigenvalue weighted by Gasteiger charge is -2.23. The molecule has 1 fully saturated rings. The van der Waals surface area contributed by atoms with Gasteiger partial charge in [0.2, 0.25) is 5.28 Å². The molecule has 4 atom stereocenters. The molecule has 0 bridgehead atoms. The second-order valence-electron chi connectivity index (χ2n) is 6.10. The third-order valence-corrected chi connectivity index (χ3v) is 4.46. The molecule has 11 nitrogen and oxygen atoms in total. The number of fused-ring (bicyclic) bond motifs is 1. The molecule has 3 rings (SSSR count). The molecule has 29 heavy (non-hydrogen) atoms. The molecular formula is C16H17Cl2N5O6. The van der Waals surface area contributed by atoms with Crippen LogP contribution in [0.1, 0.15) is 27.0 Å². The summed E-state index contributed by atoms with van der Waals surface area (Å²) in [6, 6.07) is 0. The van der Waals surface area contributed by atoms with Gasteiger partial charge in [-0.05, 0) is 18.5 Å². The van der Waals surface area contributed by atoms with Crippen LogP contribution in [0, 0.1) is 0 Å². The number of ether oxygens (including phenoxy) is 3. The minimum absolute atomic E-state index is 0.0117. The van der Waals surface area contributed by atoms with Gasteiger partial charge in [0, 0.05) is 20.4 Å². The van der Waals surface area contributed by atoms with Crippen LogP contribution in [0.5, 0.6) is 0 Å². The summed E-state index contributed by atoms with van der Waals surface area (Å²) in [6.45, 7) is 4.40. The van der Waals surface area contributed by atoms with E-state index < -0.39 is 42.4 Å². The Morgan fingerprint density at radius 2 is 1.83 bits per heavy atom. The van der Waals surface area contributed by atoms with Gasteiger partial charge in [-0.15, -0.1) is 0 Å². The van der Waals surface area contributed by atoms with Gasteiger partial charge in [0.15, 0.2) is 35.3 Å². The summed E-state index contributed by atoms with van der Waals surface area (Å²) >= 11 is 11.9. The van der Waals surface area contributed by atoms with Gasteiger partial charge in [-0.1, -0.05) is 11.6 Å². The summed E-state index contributed by atoms with van der Waals surface area (Å²) in [7, 11) is 0. The van der Waals surface area contributed by atoms with E-state index in [1.165, 1.54) is 24.7 Å². The summed E-state index contributed by atoms with van der Waals surface area (Å²) in [5.74, 6) is -1.87. The Bertz CT molecular complexity index is 967. The van der Waals surface area contributed by atoms with Crippen LogP contribution in [0.25, 0.3) is 11.2 Å². The highest BCUT2D eigenvalue weighted by molar-refractivity contribution is 6.35. The number of esters is 2. The number of carbonyl (C=O) groups is 3. The summed E-state index contributed by atoms with van der Waals surface area (Å²) in [6.07, 6.45) is -3.36. The third kappa shape index (κ3) is 4.26. The Labute approximate surface area is 174 Å². The highest BCUT2D eigenvalue weighted by Gasteiger charge is 2.53. The van der Waals surface area contributed by atoms with Gasteiger partial charge in [0.05, 0.1) is 6.33 Å². The molecule has 2 aromatic heterocycles. The monoisotopic (exact) mass is 445 g/mol. The maximum atomic E-state index is 12.5. The SMILES string of the molecule is CCNC(=O)C1OC(n2cnc3c(Cl)nc(Cl)nc32)C(OC(C)=O)C1OC(C)=O. The average molecular weight is 446 g/mol. The molecule has 4 unspecified atom stereocenters. The maximum absolute atomic E-state index is 12.5. The van der Waals surface area contributed by atoms with Gasteiger partial charge >= 0.3 is 11.9 Å². The number of halogens is 2. The van der Waals surface area contributed by atoms with Crippen molar-refractivity contribution in [3.8, 4) is 0 Å². The summed E-state index contributed by atoms with van der Waals surface area (Å²) < 4.78 is 17.9. The van der Waals surface area contributed by atoms with E-state index in [9.17, 15) is 14.4 Å². The number of carbonyl (C=O) groups excluding carboxylic acids is 3. The van der Waals surface area contributed by atoms with Crippen molar-refractivity contribution < 1.29 is 28.6 Å². The Kier molecular flexibility index (Phi) is 6.20. The first-order valence-electron chi connectivity index (χ1n) is 8.56. The van der Waals surface area contributed by atoms with E-state index >= 15 is 0 Å². The number of hydrogen-bond donors (Lipinski definition) is 1. The van der Waals surface area contributed by atoms with E-state index in [4.69, 9.17) is 37.4 Å². The average Bonchev–Trinajstić information content (AvgIpc) is 3.17. The van der Waals surface area contributed by atoms with Crippen LogP contribution < -0.4 is 5.32 Å². The third-order valence-electron chi connectivity index (χ3n) is 4.03. The first-order chi connectivity index (χ1) is 13.7. The molecular weight excluding hydrogens is 429 g/mol. The molecule has 1 saturated heterocycles. The normalized spacial score (nSPS) is 23.8. The number of nitrogens with zero attached hydrogens (tertiary/aromatic N) is 4. The van der Waals surface area contributed by atoms with Crippen LogP contribution in [0.15, 0.2) is 6.33 Å². The number of hydrogen-bond acceptors (Lipinski definition) is 9. The fourth-order valence-electron chi connectivity index (χ4n) is 3.03. The molecule has 0 saturated carbocycles. The molecule has 2 aromatic rings. The van der Waals surface area contributed by atoms with Crippen LogP contribution in [0.3, 0.4) is 0 Å². The Morgan fingerprint density at radius 1 is 1.17 bits per heavy atom. The lowest BCUT2D eigenvalue weighted by Crippen LogP contribution is -2.45. The first-order valence-corrected chi connectivity index (χ1v) is 9.31. The molecule has 0 aliphatic carbocycles. The van der Waals surface area contributed by atoms with Crippen molar-refractivity contribution in [3.63, 3.8) is 0 Å². The van der Waals surface area contributed by atoms with E-state index in [1.807, 2.05) is 0 Å². The van der Waals surface area contributed by atoms with E-state index in [-0.39, 0.29) is 21.6 Å². The van der Waals surface area contributed by atoms with Crippen molar-refractivity contribution in [2.24, 2.45) is 0 Å². The van der Waals surface area contributed by atoms with Crippen molar-refractivity contribution >= 4 is 52.2 Å². The van der Waals surface area contributed by atoms with Crippen molar-refractivity contribution in [2.45, 2.75) is 45.3 Å².